The first-order chi connectivity index (χ1) is 9.43. The van der Waals surface area contributed by atoms with Crippen molar-refractivity contribution in [1.82, 2.24) is 4.90 Å². The topological polar surface area (TPSA) is 29.3 Å². The first kappa shape index (κ1) is 16.0. The molecular weight excluding hydrogens is 264 g/mol. The van der Waals surface area contributed by atoms with Crippen molar-refractivity contribution >= 4 is 11.3 Å². The Morgan fingerprint density at radius 1 is 1.30 bits per heavy atom. The van der Waals surface area contributed by atoms with E-state index in [1.807, 2.05) is 11.3 Å². The van der Waals surface area contributed by atoms with Crippen LogP contribution in [-0.2, 0) is 6.54 Å². The fourth-order valence-electron chi connectivity index (χ4n) is 3.98. The molecule has 1 saturated carbocycles. The van der Waals surface area contributed by atoms with Crippen LogP contribution in [0.5, 0.6) is 0 Å². The number of nitrogens with two attached hydrogens (primary N) is 1. The van der Waals surface area contributed by atoms with Crippen molar-refractivity contribution in [3.63, 3.8) is 0 Å². The Balaban J connectivity index is 2.33. The standard InChI is InChI=1S/C17H30N2S/c1-14(2)19(12-15-8-7-11-20-15)17(13-18)10-6-5-9-16(17,3)4/h7-8,11,14H,5-6,9-10,12-13,18H2,1-4H3. The number of thiophene rings is 1. The van der Waals surface area contributed by atoms with Gasteiger partial charge in [-0.2, -0.15) is 0 Å². The van der Waals surface area contributed by atoms with Gasteiger partial charge in [-0.05, 0) is 43.6 Å². The monoisotopic (exact) mass is 294 g/mol. The SMILES string of the molecule is CC(C)N(Cc1cccs1)C1(CN)CCCCC1(C)C. The van der Waals surface area contributed by atoms with Crippen LogP contribution in [0.15, 0.2) is 17.5 Å². The molecule has 1 atom stereocenters. The summed E-state index contributed by atoms with van der Waals surface area (Å²) in [6, 6.07) is 4.93. The number of hydrogen-bond acceptors (Lipinski definition) is 3. The van der Waals surface area contributed by atoms with Crippen molar-refractivity contribution < 1.29 is 0 Å². The molecular formula is C17H30N2S. The Kier molecular flexibility index (Phi) is 4.93. The van der Waals surface area contributed by atoms with Gasteiger partial charge in [0.05, 0.1) is 0 Å². The zero-order valence-corrected chi connectivity index (χ0v) is 14.3. The van der Waals surface area contributed by atoms with Gasteiger partial charge in [-0.15, -0.1) is 11.3 Å². The third kappa shape index (κ3) is 2.81. The molecule has 0 radical (unpaired) electrons. The molecule has 0 bridgehead atoms. The summed E-state index contributed by atoms with van der Waals surface area (Å²) in [7, 11) is 0. The van der Waals surface area contributed by atoms with Gasteiger partial charge in [0.1, 0.15) is 0 Å². The first-order valence-corrected chi connectivity index (χ1v) is 8.80. The number of rotatable bonds is 5. The van der Waals surface area contributed by atoms with E-state index in [-0.39, 0.29) is 5.54 Å². The highest BCUT2D eigenvalue weighted by Gasteiger charge is 2.50. The smallest absolute Gasteiger partial charge is 0.0389 e. The van der Waals surface area contributed by atoms with Gasteiger partial charge in [0, 0.05) is 29.5 Å². The normalized spacial score (nSPS) is 26.4. The first-order valence-electron chi connectivity index (χ1n) is 7.92. The maximum Gasteiger partial charge on any atom is 0.0389 e. The summed E-state index contributed by atoms with van der Waals surface area (Å²) >= 11 is 1.86. The third-order valence-electron chi connectivity index (χ3n) is 5.32. The lowest BCUT2D eigenvalue weighted by Crippen LogP contribution is -2.65. The van der Waals surface area contributed by atoms with Crippen LogP contribution in [0.25, 0.3) is 0 Å². The largest absolute Gasteiger partial charge is 0.329 e. The van der Waals surface area contributed by atoms with Crippen LogP contribution < -0.4 is 5.73 Å². The minimum absolute atomic E-state index is 0.142. The third-order valence-corrected chi connectivity index (χ3v) is 6.18. The minimum atomic E-state index is 0.142. The fourth-order valence-corrected chi connectivity index (χ4v) is 4.68. The van der Waals surface area contributed by atoms with Crippen LogP contribution in [0.1, 0.15) is 58.3 Å². The second-order valence-corrected chi connectivity index (χ2v) is 8.16. The zero-order valence-electron chi connectivity index (χ0n) is 13.5. The molecule has 1 aromatic rings. The van der Waals surface area contributed by atoms with Gasteiger partial charge in [0.2, 0.25) is 0 Å². The van der Waals surface area contributed by atoms with E-state index >= 15 is 0 Å². The Bertz CT molecular complexity index is 411. The summed E-state index contributed by atoms with van der Waals surface area (Å²) in [6.07, 6.45) is 5.19. The average Bonchev–Trinajstić information content (AvgIpc) is 2.89. The van der Waals surface area contributed by atoms with Crippen LogP contribution in [0, 0.1) is 5.41 Å². The highest BCUT2D eigenvalue weighted by molar-refractivity contribution is 7.09. The van der Waals surface area contributed by atoms with Crippen LogP contribution >= 0.6 is 11.3 Å². The lowest BCUT2D eigenvalue weighted by molar-refractivity contribution is -0.0659. The van der Waals surface area contributed by atoms with E-state index < -0.39 is 0 Å². The van der Waals surface area contributed by atoms with Crippen molar-refractivity contribution in [3.8, 4) is 0 Å². The summed E-state index contributed by atoms with van der Waals surface area (Å²) in [6.45, 7) is 11.3. The van der Waals surface area contributed by atoms with Crippen LogP contribution in [0.2, 0.25) is 0 Å². The van der Waals surface area contributed by atoms with Crippen molar-refractivity contribution in [1.29, 1.82) is 0 Å². The van der Waals surface area contributed by atoms with E-state index in [1.165, 1.54) is 30.6 Å². The van der Waals surface area contributed by atoms with E-state index in [1.54, 1.807) is 0 Å². The van der Waals surface area contributed by atoms with Gasteiger partial charge in [-0.25, -0.2) is 0 Å². The molecule has 2 nitrogen and oxygen atoms in total. The molecule has 0 aliphatic heterocycles. The van der Waals surface area contributed by atoms with Crippen molar-refractivity contribution in [2.75, 3.05) is 6.54 Å². The van der Waals surface area contributed by atoms with Crippen LogP contribution in [-0.4, -0.2) is 23.0 Å². The predicted octanol–water partition coefficient (Wildman–Crippen LogP) is 4.26. The predicted molar refractivity (Wildman–Crippen MR) is 89.0 cm³/mol. The molecule has 1 aromatic heterocycles. The van der Waals surface area contributed by atoms with Crippen molar-refractivity contribution in [2.24, 2.45) is 11.1 Å². The molecule has 0 spiro atoms. The molecule has 2 N–H and O–H groups in total. The maximum absolute atomic E-state index is 6.34. The molecule has 1 heterocycles. The molecule has 0 amide bonds. The van der Waals surface area contributed by atoms with Gasteiger partial charge in [-0.1, -0.05) is 32.8 Å². The van der Waals surface area contributed by atoms with Gasteiger partial charge >= 0.3 is 0 Å². The highest BCUT2D eigenvalue weighted by atomic mass is 32.1. The zero-order chi connectivity index (χ0) is 14.8. The van der Waals surface area contributed by atoms with Crippen molar-refractivity contribution in [2.45, 2.75) is 71.5 Å². The Labute approximate surface area is 128 Å². The fraction of sp³-hybridized carbons (Fsp3) is 0.765. The Hall–Kier alpha value is -0.380. The summed E-state index contributed by atoms with van der Waals surface area (Å²) in [5, 5.41) is 2.18. The number of nitrogens with zero attached hydrogens (tertiary/aromatic N) is 1. The minimum Gasteiger partial charge on any atom is -0.329 e. The van der Waals surface area contributed by atoms with Crippen LogP contribution in [0.4, 0.5) is 0 Å². The van der Waals surface area contributed by atoms with Gasteiger partial charge in [0.25, 0.3) is 0 Å². The van der Waals surface area contributed by atoms with E-state index in [0.717, 1.165) is 13.1 Å². The Morgan fingerprint density at radius 3 is 2.50 bits per heavy atom. The molecule has 3 heteroatoms. The van der Waals surface area contributed by atoms with E-state index in [2.05, 4.69) is 50.1 Å². The lowest BCUT2D eigenvalue weighted by atomic mass is 9.62. The number of hydrogen-bond donors (Lipinski definition) is 1. The van der Waals surface area contributed by atoms with E-state index in [4.69, 9.17) is 5.73 Å². The van der Waals surface area contributed by atoms with Gasteiger partial charge in [-0.3, -0.25) is 4.90 Å². The summed E-state index contributed by atoms with van der Waals surface area (Å²) < 4.78 is 0. The van der Waals surface area contributed by atoms with Crippen molar-refractivity contribution in [3.05, 3.63) is 22.4 Å². The highest BCUT2D eigenvalue weighted by Crippen LogP contribution is 2.48. The average molecular weight is 295 g/mol. The van der Waals surface area contributed by atoms with Crippen LogP contribution in [0.3, 0.4) is 0 Å². The van der Waals surface area contributed by atoms with Gasteiger partial charge < -0.3 is 5.73 Å². The molecule has 1 aliphatic rings. The molecule has 2 rings (SSSR count). The quantitative estimate of drug-likeness (QED) is 0.879. The van der Waals surface area contributed by atoms with E-state index in [9.17, 15) is 0 Å². The second kappa shape index (κ2) is 6.17. The summed E-state index contributed by atoms with van der Waals surface area (Å²) in [4.78, 5) is 4.13. The van der Waals surface area contributed by atoms with Gasteiger partial charge in [0.15, 0.2) is 0 Å². The second-order valence-electron chi connectivity index (χ2n) is 7.13. The summed E-state index contributed by atoms with van der Waals surface area (Å²) in [5.74, 6) is 0. The molecule has 114 valence electrons. The molecule has 1 unspecified atom stereocenters. The molecule has 0 saturated heterocycles. The molecule has 1 fully saturated rings. The molecule has 20 heavy (non-hydrogen) atoms. The molecule has 0 aromatic carbocycles. The Morgan fingerprint density at radius 2 is 2.00 bits per heavy atom. The maximum atomic E-state index is 6.34. The summed E-state index contributed by atoms with van der Waals surface area (Å²) in [5.41, 5.74) is 6.78. The van der Waals surface area contributed by atoms with E-state index in [0.29, 0.717) is 11.5 Å². The lowest BCUT2D eigenvalue weighted by Gasteiger charge is -2.57. The molecule has 1 aliphatic carbocycles.